The van der Waals surface area contributed by atoms with Gasteiger partial charge >= 0.3 is 5.97 Å². The van der Waals surface area contributed by atoms with Crippen molar-refractivity contribution in [3.8, 4) is 0 Å². The summed E-state index contributed by atoms with van der Waals surface area (Å²) in [6, 6.07) is 4.65. The summed E-state index contributed by atoms with van der Waals surface area (Å²) in [4.78, 5) is 25.8. The first-order valence-corrected chi connectivity index (χ1v) is 9.59. The van der Waals surface area contributed by atoms with Gasteiger partial charge in [-0.1, -0.05) is 12.1 Å². The summed E-state index contributed by atoms with van der Waals surface area (Å²) in [5.41, 5.74) is 7.13. The zero-order chi connectivity index (χ0) is 17.9. The van der Waals surface area contributed by atoms with Gasteiger partial charge in [-0.25, -0.2) is 13.2 Å². The lowest BCUT2D eigenvalue weighted by Gasteiger charge is -2.26. The number of ether oxygens (including phenoxy) is 1. The lowest BCUT2D eigenvalue weighted by molar-refractivity contribution is -0.136. The van der Waals surface area contributed by atoms with Crippen molar-refractivity contribution < 1.29 is 22.7 Å². The van der Waals surface area contributed by atoms with Gasteiger partial charge in [0.05, 0.1) is 17.1 Å². The molecule has 0 aromatic heterocycles. The van der Waals surface area contributed by atoms with E-state index < -0.39 is 28.3 Å². The van der Waals surface area contributed by atoms with Gasteiger partial charge in [-0.3, -0.25) is 4.79 Å². The summed E-state index contributed by atoms with van der Waals surface area (Å²) >= 11 is 0. The molecule has 8 heteroatoms. The van der Waals surface area contributed by atoms with Crippen molar-refractivity contribution in [2.75, 3.05) is 30.4 Å². The van der Waals surface area contributed by atoms with Crippen molar-refractivity contribution in [1.82, 2.24) is 4.90 Å². The number of carbonyl (C=O) groups excluding carboxylic acids is 2. The predicted molar refractivity (Wildman–Crippen MR) is 90.3 cm³/mol. The molecule has 0 radical (unpaired) electrons. The van der Waals surface area contributed by atoms with Crippen molar-refractivity contribution >= 4 is 27.4 Å². The fraction of sp³-hybridized carbons (Fsp3) is 0.500. The smallest absolute Gasteiger partial charge is 0.340 e. The molecule has 0 aliphatic carbocycles. The van der Waals surface area contributed by atoms with Gasteiger partial charge in [-0.15, -0.1) is 0 Å². The van der Waals surface area contributed by atoms with Crippen LogP contribution in [0.1, 0.15) is 29.3 Å². The van der Waals surface area contributed by atoms with Crippen LogP contribution in [0, 0.1) is 6.92 Å². The van der Waals surface area contributed by atoms with Crippen LogP contribution in [-0.2, 0) is 19.4 Å². The molecule has 1 atom stereocenters. The van der Waals surface area contributed by atoms with Crippen LogP contribution < -0.4 is 5.73 Å². The summed E-state index contributed by atoms with van der Waals surface area (Å²) in [7, 11) is -3.09. The van der Waals surface area contributed by atoms with E-state index in [1.807, 2.05) is 0 Å². The second-order valence-corrected chi connectivity index (χ2v) is 8.08. The Labute approximate surface area is 141 Å². The number of nitrogen functional groups attached to an aromatic ring is 1. The van der Waals surface area contributed by atoms with Crippen LogP contribution in [0.5, 0.6) is 0 Å². The number of rotatable bonds is 5. The molecule has 2 rings (SSSR count). The third-order valence-corrected chi connectivity index (χ3v) is 5.93. The summed E-state index contributed by atoms with van der Waals surface area (Å²) in [6.45, 7) is 3.47. The second kappa shape index (κ2) is 7.21. The average molecular weight is 354 g/mol. The lowest BCUT2D eigenvalue weighted by atomic mass is 10.1. The van der Waals surface area contributed by atoms with E-state index in [0.717, 1.165) is 5.56 Å². The van der Waals surface area contributed by atoms with Crippen molar-refractivity contribution in [2.45, 2.75) is 26.3 Å². The largest absolute Gasteiger partial charge is 0.452 e. The first-order chi connectivity index (χ1) is 11.2. The van der Waals surface area contributed by atoms with Crippen LogP contribution in [0.15, 0.2) is 18.2 Å². The topological polar surface area (TPSA) is 107 Å². The highest BCUT2D eigenvalue weighted by Crippen LogP contribution is 2.19. The summed E-state index contributed by atoms with van der Waals surface area (Å²) in [5.74, 6) is -1.02. The Kier molecular flexibility index (Phi) is 5.48. The van der Waals surface area contributed by atoms with Gasteiger partial charge in [-0.2, -0.15) is 0 Å². The van der Waals surface area contributed by atoms with Gasteiger partial charge in [0, 0.05) is 18.3 Å². The number of benzene rings is 1. The lowest BCUT2D eigenvalue weighted by Crippen LogP contribution is -2.43. The van der Waals surface area contributed by atoms with E-state index >= 15 is 0 Å². The Morgan fingerprint density at radius 2 is 2.08 bits per heavy atom. The molecule has 1 amide bonds. The SMILES string of the molecule is CCN(C(=O)COC(=O)c1cccc(C)c1N)[C@@H]1CCS(=O)(=O)C1. The Morgan fingerprint density at radius 1 is 1.38 bits per heavy atom. The highest BCUT2D eigenvalue weighted by molar-refractivity contribution is 7.91. The maximum Gasteiger partial charge on any atom is 0.340 e. The number of para-hydroxylation sites is 1. The Bertz CT molecular complexity index is 745. The van der Waals surface area contributed by atoms with Crippen molar-refractivity contribution in [1.29, 1.82) is 0 Å². The monoisotopic (exact) mass is 354 g/mol. The minimum absolute atomic E-state index is 0.0364. The van der Waals surface area contributed by atoms with E-state index in [9.17, 15) is 18.0 Å². The molecule has 0 saturated carbocycles. The maximum atomic E-state index is 12.3. The number of amides is 1. The Balaban J connectivity index is 1.99. The normalized spacial score (nSPS) is 19.0. The van der Waals surface area contributed by atoms with Gasteiger partial charge in [0.2, 0.25) is 0 Å². The Hall–Kier alpha value is -2.09. The third kappa shape index (κ3) is 4.05. The van der Waals surface area contributed by atoms with E-state index in [0.29, 0.717) is 18.7 Å². The number of likely N-dealkylation sites (N-methyl/N-ethyl adjacent to an activating group) is 1. The fourth-order valence-corrected chi connectivity index (χ4v) is 4.54. The van der Waals surface area contributed by atoms with E-state index in [4.69, 9.17) is 10.5 Å². The highest BCUT2D eigenvalue weighted by atomic mass is 32.2. The molecule has 132 valence electrons. The van der Waals surface area contributed by atoms with Crippen LogP contribution in [0.4, 0.5) is 5.69 Å². The summed E-state index contributed by atoms with van der Waals surface area (Å²) < 4.78 is 28.2. The van der Waals surface area contributed by atoms with Gasteiger partial charge in [0.1, 0.15) is 0 Å². The molecule has 1 aromatic carbocycles. The van der Waals surface area contributed by atoms with Crippen molar-refractivity contribution in [2.24, 2.45) is 0 Å². The van der Waals surface area contributed by atoms with Gasteiger partial charge in [-0.05, 0) is 31.9 Å². The second-order valence-electron chi connectivity index (χ2n) is 5.85. The minimum atomic E-state index is -3.09. The first kappa shape index (κ1) is 18.3. The summed E-state index contributed by atoms with van der Waals surface area (Å²) in [5, 5.41) is 0. The molecule has 2 N–H and O–H groups in total. The molecule has 0 bridgehead atoms. The standard InChI is InChI=1S/C16H22N2O5S/c1-3-18(12-7-8-24(21,22)10-12)14(19)9-23-16(20)13-6-4-5-11(2)15(13)17/h4-6,12H,3,7-10,17H2,1-2H3/t12-/m1/s1. The number of sulfone groups is 1. The predicted octanol–water partition coefficient (Wildman–Crippen LogP) is 0.770. The van der Waals surface area contributed by atoms with Crippen LogP contribution in [0.2, 0.25) is 0 Å². The summed E-state index contributed by atoms with van der Waals surface area (Å²) in [6.07, 6.45) is 0.417. The van der Waals surface area contributed by atoms with Crippen LogP contribution in [0.25, 0.3) is 0 Å². The number of nitrogens with zero attached hydrogens (tertiary/aromatic N) is 1. The molecule has 24 heavy (non-hydrogen) atoms. The van der Waals surface area contributed by atoms with E-state index in [1.165, 1.54) is 11.0 Å². The number of carbonyl (C=O) groups is 2. The number of hydrogen-bond donors (Lipinski definition) is 1. The number of esters is 1. The van der Waals surface area contributed by atoms with Crippen LogP contribution in [-0.4, -0.2) is 55.9 Å². The van der Waals surface area contributed by atoms with Crippen molar-refractivity contribution in [3.63, 3.8) is 0 Å². The number of nitrogens with two attached hydrogens (primary N) is 1. The minimum Gasteiger partial charge on any atom is -0.452 e. The molecule has 0 spiro atoms. The van der Waals surface area contributed by atoms with Gasteiger partial charge in [0.15, 0.2) is 16.4 Å². The number of anilines is 1. The number of hydrogen-bond acceptors (Lipinski definition) is 6. The zero-order valence-electron chi connectivity index (χ0n) is 13.8. The van der Waals surface area contributed by atoms with Gasteiger partial charge in [0.25, 0.3) is 5.91 Å². The van der Waals surface area contributed by atoms with Gasteiger partial charge < -0.3 is 15.4 Å². The molecule has 1 fully saturated rings. The molecule has 1 aliphatic rings. The average Bonchev–Trinajstić information content (AvgIpc) is 2.88. The van der Waals surface area contributed by atoms with Crippen LogP contribution in [0.3, 0.4) is 0 Å². The third-order valence-electron chi connectivity index (χ3n) is 4.18. The van der Waals surface area contributed by atoms with E-state index in [-0.39, 0.29) is 23.1 Å². The molecule has 1 saturated heterocycles. The molecular formula is C16H22N2O5S. The highest BCUT2D eigenvalue weighted by Gasteiger charge is 2.34. The molecular weight excluding hydrogens is 332 g/mol. The van der Waals surface area contributed by atoms with E-state index in [2.05, 4.69) is 0 Å². The number of aryl methyl sites for hydroxylation is 1. The maximum absolute atomic E-state index is 12.3. The molecule has 1 heterocycles. The molecule has 0 unspecified atom stereocenters. The van der Waals surface area contributed by atoms with Crippen molar-refractivity contribution in [3.05, 3.63) is 29.3 Å². The molecule has 7 nitrogen and oxygen atoms in total. The quantitative estimate of drug-likeness (QED) is 0.618. The zero-order valence-corrected chi connectivity index (χ0v) is 14.6. The van der Waals surface area contributed by atoms with E-state index in [1.54, 1.807) is 26.0 Å². The molecule has 1 aromatic rings. The fourth-order valence-electron chi connectivity index (χ4n) is 2.81. The first-order valence-electron chi connectivity index (χ1n) is 7.77. The van der Waals surface area contributed by atoms with Crippen LogP contribution >= 0.6 is 0 Å². The molecule has 1 aliphatic heterocycles. The Morgan fingerprint density at radius 3 is 2.67 bits per heavy atom.